The van der Waals surface area contributed by atoms with Crippen LogP contribution in [0.15, 0.2) is 52.6 Å². The molecule has 0 unspecified atom stereocenters. The third-order valence-corrected chi connectivity index (χ3v) is 4.31. The number of nitrogens with zero attached hydrogens (tertiary/aromatic N) is 3. The van der Waals surface area contributed by atoms with Crippen molar-refractivity contribution in [3.63, 3.8) is 0 Å². The van der Waals surface area contributed by atoms with Gasteiger partial charge in [0.2, 0.25) is 0 Å². The van der Waals surface area contributed by atoms with E-state index in [1.165, 1.54) is 24.5 Å². The summed E-state index contributed by atoms with van der Waals surface area (Å²) in [6.07, 6.45) is 2.73. The van der Waals surface area contributed by atoms with Crippen molar-refractivity contribution in [3.8, 4) is 0 Å². The molecule has 0 radical (unpaired) electrons. The van der Waals surface area contributed by atoms with Gasteiger partial charge in [0.1, 0.15) is 5.82 Å². The van der Waals surface area contributed by atoms with Gasteiger partial charge in [-0.05, 0) is 18.2 Å². The van der Waals surface area contributed by atoms with E-state index in [0.29, 0.717) is 21.3 Å². The molecule has 0 bridgehead atoms. The molecule has 1 N–H and O–H groups in total. The summed E-state index contributed by atoms with van der Waals surface area (Å²) in [5.74, 6) is -1.66. The summed E-state index contributed by atoms with van der Waals surface area (Å²) in [4.78, 5) is 44.4. The predicted octanol–water partition coefficient (Wildman–Crippen LogP) is -2.02. The van der Waals surface area contributed by atoms with E-state index in [4.69, 9.17) is 4.84 Å². The molecule has 3 rings (SSSR count). The minimum absolute atomic E-state index is 0. The Kier molecular flexibility index (Phi) is 9.39. The predicted molar refractivity (Wildman–Crippen MR) is 96.4 cm³/mol. The normalized spacial score (nSPS) is 13.4. The van der Waals surface area contributed by atoms with Gasteiger partial charge in [0.05, 0.1) is 23.8 Å². The van der Waals surface area contributed by atoms with Crippen LogP contribution in [0.2, 0.25) is 0 Å². The Bertz CT molecular complexity index is 926. The zero-order chi connectivity index (χ0) is 20.6. The number of rotatable bonds is 8. The van der Waals surface area contributed by atoms with E-state index >= 15 is 0 Å². The topological polar surface area (TPSA) is 142 Å². The number of nitrogens with one attached hydrogen (secondary N) is 1. The van der Waals surface area contributed by atoms with E-state index in [2.05, 4.69) is 24.9 Å². The second kappa shape index (κ2) is 11.8. The van der Waals surface area contributed by atoms with Crippen LogP contribution in [0, 0.1) is 0 Å². The molecule has 2 heterocycles. The summed E-state index contributed by atoms with van der Waals surface area (Å²) in [6.45, 7) is 0. The molecule has 1 aliphatic heterocycles. The molecule has 1 saturated heterocycles. The first-order chi connectivity index (χ1) is 14.1. The molecule has 1 fully saturated rings. The van der Waals surface area contributed by atoms with Gasteiger partial charge in [0.15, 0.2) is 0 Å². The first kappa shape index (κ1) is 24.0. The standard InChI is InChI=1S/C17H14N4O7S.Na/c22-15-7-8-16(23)21(15)26-17(24)12-5-6-14(18-9-12)20-19-10-11-3-1-2-4-13(11)29-28-27-25;/h1-6,9-10,25H,7-8H2,(H,18,20);/q;+1/p-1/b19-10+;. The van der Waals surface area contributed by atoms with Gasteiger partial charge in [-0.3, -0.25) is 20.1 Å². The maximum Gasteiger partial charge on any atom is 1.00 e. The number of hydrogen-bond donors (Lipinski definition) is 1. The summed E-state index contributed by atoms with van der Waals surface area (Å²) in [5.41, 5.74) is 3.39. The average Bonchev–Trinajstić information content (AvgIpc) is 3.05. The second-order valence-electron chi connectivity index (χ2n) is 5.52. The van der Waals surface area contributed by atoms with Crippen LogP contribution in [0.5, 0.6) is 0 Å². The molecular formula is C17H13N4NaO7S. The van der Waals surface area contributed by atoms with Crippen molar-refractivity contribution < 1.29 is 63.4 Å². The summed E-state index contributed by atoms with van der Waals surface area (Å²) < 4.78 is 4.30. The number of amides is 2. The number of imide groups is 1. The molecule has 1 aliphatic rings. The molecule has 0 atom stereocenters. The van der Waals surface area contributed by atoms with Gasteiger partial charge in [-0.15, -0.1) is 5.06 Å². The largest absolute Gasteiger partial charge is 1.00 e. The van der Waals surface area contributed by atoms with Crippen LogP contribution >= 0.6 is 12.0 Å². The Labute approximate surface area is 196 Å². The number of benzene rings is 1. The van der Waals surface area contributed by atoms with Crippen molar-refractivity contribution in [2.75, 3.05) is 5.43 Å². The number of pyridine rings is 1. The third kappa shape index (κ3) is 6.34. The van der Waals surface area contributed by atoms with Gasteiger partial charge in [-0.2, -0.15) is 9.44 Å². The fraction of sp³-hybridized carbons (Fsp3) is 0.118. The second-order valence-corrected chi connectivity index (χ2v) is 6.26. The Morgan fingerprint density at radius 2 is 1.93 bits per heavy atom. The van der Waals surface area contributed by atoms with Crippen molar-refractivity contribution in [1.82, 2.24) is 10.0 Å². The number of hydroxylamine groups is 2. The van der Waals surface area contributed by atoms with Crippen LogP contribution in [0.4, 0.5) is 5.82 Å². The van der Waals surface area contributed by atoms with Crippen molar-refractivity contribution in [1.29, 1.82) is 0 Å². The van der Waals surface area contributed by atoms with Gasteiger partial charge in [0.25, 0.3) is 11.8 Å². The minimum Gasteiger partial charge on any atom is -0.691 e. The third-order valence-electron chi connectivity index (χ3n) is 3.63. The van der Waals surface area contributed by atoms with Crippen LogP contribution in [-0.4, -0.2) is 34.0 Å². The van der Waals surface area contributed by atoms with Gasteiger partial charge in [-0.1, -0.05) is 18.2 Å². The average molecular weight is 440 g/mol. The Morgan fingerprint density at radius 3 is 2.60 bits per heavy atom. The van der Waals surface area contributed by atoms with E-state index in [1.54, 1.807) is 24.3 Å². The monoisotopic (exact) mass is 440 g/mol. The van der Waals surface area contributed by atoms with Crippen LogP contribution < -0.4 is 40.2 Å². The summed E-state index contributed by atoms with van der Waals surface area (Å²) in [7, 11) is 0. The molecule has 150 valence electrons. The number of carbonyl (C=O) groups excluding carboxylic acids is 3. The molecule has 0 aliphatic carbocycles. The molecular weight excluding hydrogens is 427 g/mol. The summed E-state index contributed by atoms with van der Waals surface area (Å²) in [5, 5.41) is 17.8. The van der Waals surface area contributed by atoms with Crippen LogP contribution in [-0.2, 0) is 23.8 Å². The Balaban J connectivity index is 0.00000320. The number of anilines is 1. The van der Waals surface area contributed by atoms with E-state index in [1.807, 2.05) is 0 Å². The number of hydrogen-bond acceptors (Lipinski definition) is 11. The van der Waals surface area contributed by atoms with Crippen molar-refractivity contribution in [2.24, 2.45) is 5.10 Å². The Morgan fingerprint density at radius 1 is 1.20 bits per heavy atom. The molecule has 0 spiro atoms. The van der Waals surface area contributed by atoms with Gasteiger partial charge < -0.3 is 10.1 Å². The van der Waals surface area contributed by atoms with Crippen LogP contribution in [0.25, 0.3) is 0 Å². The molecule has 1 aromatic heterocycles. The molecule has 11 nitrogen and oxygen atoms in total. The van der Waals surface area contributed by atoms with E-state index in [9.17, 15) is 19.6 Å². The first-order valence-corrected chi connectivity index (χ1v) is 8.88. The van der Waals surface area contributed by atoms with E-state index < -0.39 is 17.8 Å². The summed E-state index contributed by atoms with van der Waals surface area (Å²) in [6, 6.07) is 9.86. The zero-order valence-electron chi connectivity index (χ0n) is 15.6. The van der Waals surface area contributed by atoms with E-state index in [0.717, 1.165) is 12.0 Å². The maximum absolute atomic E-state index is 12.0. The molecule has 30 heavy (non-hydrogen) atoms. The van der Waals surface area contributed by atoms with Gasteiger partial charge in [0, 0.05) is 29.5 Å². The van der Waals surface area contributed by atoms with Crippen molar-refractivity contribution in [3.05, 3.63) is 53.7 Å². The van der Waals surface area contributed by atoms with Crippen LogP contribution in [0.1, 0.15) is 28.8 Å². The Hall–Kier alpha value is -2.32. The maximum atomic E-state index is 12.0. The number of hydrazone groups is 1. The quantitative estimate of drug-likeness (QED) is 0.122. The number of carbonyl (C=O) groups is 3. The number of aromatic nitrogens is 1. The summed E-state index contributed by atoms with van der Waals surface area (Å²) >= 11 is 0.739. The van der Waals surface area contributed by atoms with Crippen LogP contribution in [0.3, 0.4) is 0 Å². The smallest absolute Gasteiger partial charge is 0.691 e. The SMILES string of the molecule is O=C(ON1C(=O)CCC1=O)c1ccc(N/N=C/c2ccccc2SOO[O-])nc1.[Na+]. The molecule has 2 amide bonds. The fourth-order valence-corrected chi connectivity index (χ4v) is 2.71. The first-order valence-electron chi connectivity index (χ1n) is 8.14. The molecule has 2 aromatic rings. The molecule has 1 aromatic carbocycles. The van der Waals surface area contributed by atoms with E-state index in [-0.39, 0.29) is 48.0 Å². The van der Waals surface area contributed by atoms with Gasteiger partial charge >= 0.3 is 35.5 Å². The van der Waals surface area contributed by atoms with Gasteiger partial charge in [-0.25, -0.2) is 9.78 Å². The molecule has 13 heteroatoms. The fourth-order valence-electron chi connectivity index (χ4n) is 2.26. The molecule has 0 saturated carbocycles. The van der Waals surface area contributed by atoms with Crippen molar-refractivity contribution in [2.45, 2.75) is 17.7 Å². The zero-order valence-corrected chi connectivity index (χ0v) is 18.5. The van der Waals surface area contributed by atoms with Crippen molar-refractivity contribution >= 4 is 41.9 Å². The minimum atomic E-state index is -0.873.